The second kappa shape index (κ2) is 8.53. The van der Waals surface area contributed by atoms with Crippen molar-refractivity contribution in [3.8, 4) is 0 Å². The van der Waals surface area contributed by atoms with E-state index in [2.05, 4.69) is 20.5 Å². The van der Waals surface area contributed by atoms with Crippen LogP contribution in [0.15, 0.2) is 29.3 Å². The third-order valence-corrected chi connectivity index (χ3v) is 2.99. The minimum Gasteiger partial charge on any atom is -0.357 e. The maximum absolute atomic E-state index is 13.0. The molecule has 0 bridgehead atoms. The van der Waals surface area contributed by atoms with Crippen LogP contribution >= 0.6 is 0 Å². The third kappa shape index (κ3) is 5.17. The van der Waals surface area contributed by atoms with Gasteiger partial charge in [-0.1, -0.05) is 12.1 Å². The van der Waals surface area contributed by atoms with Crippen molar-refractivity contribution in [1.29, 1.82) is 0 Å². The fraction of sp³-hybridized carbons (Fsp3) is 0.533. The maximum Gasteiger partial charge on any atom is 0.191 e. The Morgan fingerprint density at radius 1 is 1.15 bits per heavy atom. The van der Waals surface area contributed by atoms with Gasteiger partial charge in [0.05, 0.1) is 12.6 Å². The highest BCUT2D eigenvalue weighted by Gasteiger charge is 2.13. The molecule has 0 aliphatic carbocycles. The molecule has 0 fully saturated rings. The molecule has 0 heterocycles. The van der Waals surface area contributed by atoms with E-state index >= 15 is 0 Å². The first kappa shape index (κ1) is 16.4. The van der Waals surface area contributed by atoms with E-state index in [9.17, 15) is 4.39 Å². The lowest BCUT2D eigenvalue weighted by Crippen LogP contribution is -2.37. The standard InChI is InChI=1S/C15H25FN4/c1-5-17-15(18-6-2)19-11-14(20(3)4)12-7-9-13(16)10-8-12/h7-10,14H,5-6,11H2,1-4H3,(H2,17,18,19). The lowest BCUT2D eigenvalue weighted by atomic mass is 10.1. The summed E-state index contributed by atoms with van der Waals surface area (Å²) in [5.41, 5.74) is 1.06. The molecule has 1 unspecified atom stereocenters. The molecule has 1 aromatic rings. The summed E-state index contributed by atoms with van der Waals surface area (Å²) in [6, 6.07) is 6.74. The average molecular weight is 280 g/mol. The summed E-state index contributed by atoms with van der Waals surface area (Å²) in [5.74, 6) is 0.597. The fourth-order valence-electron chi connectivity index (χ4n) is 1.94. The van der Waals surface area contributed by atoms with Crippen LogP contribution in [-0.4, -0.2) is 44.6 Å². The second-order valence-electron chi connectivity index (χ2n) is 4.78. The van der Waals surface area contributed by atoms with Crippen LogP contribution in [0.25, 0.3) is 0 Å². The summed E-state index contributed by atoms with van der Waals surface area (Å²) >= 11 is 0. The Morgan fingerprint density at radius 2 is 1.70 bits per heavy atom. The van der Waals surface area contributed by atoms with E-state index in [1.54, 1.807) is 0 Å². The molecule has 1 atom stereocenters. The largest absolute Gasteiger partial charge is 0.357 e. The minimum atomic E-state index is -0.212. The highest BCUT2D eigenvalue weighted by atomic mass is 19.1. The Bertz CT molecular complexity index is 406. The third-order valence-electron chi connectivity index (χ3n) is 2.99. The van der Waals surface area contributed by atoms with Crippen LogP contribution in [0.2, 0.25) is 0 Å². The molecule has 0 spiro atoms. The number of hydrogen-bond acceptors (Lipinski definition) is 2. The van der Waals surface area contributed by atoms with Gasteiger partial charge in [-0.25, -0.2) is 4.39 Å². The predicted molar refractivity (Wildman–Crippen MR) is 82.5 cm³/mol. The number of nitrogens with one attached hydrogen (secondary N) is 2. The number of likely N-dealkylation sites (N-methyl/N-ethyl adjacent to an activating group) is 1. The number of aliphatic imine (C=N–C) groups is 1. The zero-order valence-corrected chi connectivity index (χ0v) is 12.8. The van der Waals surface area contributed by atoms with Crippen molar-refractivity contribution in [1.82, 2.24) is 15.5 Å². The first-order chi connectivity index (χ1) is 9.58. The number of benzene rings is 1. The van der Waals surface area contributed by atoms with Crippen molar-refractivity contribution >= 4 is 5.96 Å². The molecule has 0 aliphatic rings. The quantitative estimate of drug-likeness (QED) is 0.618. The number of rotatable bonds is 6. The van der Waals surface area contributed by atoms with E-state index in [1.165, 1.54) is 12.1 Å². The van der Waals surface area contributed by atoms with Crippen LogP contribution in [0.1, 0.15) is 25.5 Å². The minimum absolute atomic E-state index is 0.128. The molecule has 20 heavy (non-hydrogen) atoms. The van der Waals surface area contributed by atoms with Crippen LogP contribution in [0, 0.1) is 5.82 Å². The van der Waals surface area contributed by atoms with E-state index in [0.29, 0.717) is 6.54 Å². The summed E-state index contributed by atoms with van der Waals surface area (Å²) in [7, 11) is 4.01. The van der Waals surface area contributed by atoms with E-state index in [-0.39, 0.29) is 11.9 Å². The van der Waals surface area contributed by atoms with Crippen molar-refractivity contribution in [2.45, 2.75) is 19.9 Å². The van der Waals surface area contributed by atoms with Gasteiger partial charge in [0, 0.05) is 13.1 Å². The summed E-state index contributed by atoms with van der Waals surface area (Å²) < 4.78 is 13.0. The van der Waals surface area contributed by atoms with Crippen LogP contribution in [0.3, 0.4) is 0 Å². The van der Waals surface area contributed by atoms with Gasteiger partial charge in [0.1, 0.15) is 5.82 Å². The Balaban J connectivity index is 2.81. The topological polar surface area (TPSA) is 39.7 Å². The molecule has 1 aromatic carbocycles. The zero-order valence-electron chi connectivity index (χ0n) is 12.8. The first-order valence-corrected chi connectivity index (χ1v) is 7.02. The van der Waals surface area contributed by atoms with Crippen molar-refractivity contribution in [2.24, 2.45) is 4.99 Å². The lowest BCUT2D eigenvalue weighted by Gasteiger charge is -2.23. The van der Waals surface area contributed by atoms with Crippen molar-refractivity contribution in [3.63, 3.8) is 0 Å². The molecule has 0 radical (unpaired) electrons. The van der Waals surface area contributed by atoms with Gasteiger partial charge in [-0.2, -0.15) is 0 Å². The number of hydrogen-bond donors (Lipinski definition) is 2. The monoisotopic (exact) mass is 280 g/mol. The molecule has 0 aliphatic heterocycles. The molecule has 0 amide bonds. The van der Waals surface area contributed by atoms with Gasteiger partial charge in [-0.3, -0.25) is 4.99 Å². The van der Waals surface area contributed by atoms with E-state index in [0.717, 1.165) is 24.6 Å². The normalized spacial score (nSPS) is 12.1. The first-order valence-electron chi connectivity index (χ1n) is 7.02. The second-order valence-corrected chi connectivity index (χ2v) is 4.78. The maximum atomic E-state index is 13.0. The molecule has 0 aromatic heterocycles. The summed E-state index contributed by atoms with van der Waals surface area (Å²) in [5, 5.41) is 6.40. The molecule has 0 saturated carbocycles. The molecule has 1 rings (SSSR count). The summed E-state index contributed by atoms with van der Waals surface area (Å²) in [4.78, 5) is 6.67. The summed E-state index contributed by atoms with van der Waals surface area (Å²) in [6.07, 6.45) is 0. The summed E-state index contributed by atoms with van der Waals surface area (Å²) in [6.45, 7) is 6.35. The van der Waals surface area contributed by atoms with Gasteiger partial charge in [0.2, 0.25) is 0 Å². The molecule has 4 nitrogen and oxygen atoms in total. The van der Waals surface area contributed by atoms with Crippen LogP contribution in [-0.2, 0) is 0 Å². The molecular weight excluding hydrogens is 255 g/mol. The van der Waals surface area contributed by atoms with Crippen molar-refractivity contribution in [3.05, 3.63) is 35.6 Å². The zero-order chi connectivity index (χ0) is 15.0. The molecule has 0 saturated heterocycles. The van der Waals surface area contributed by atoms with Crippen molar-refractivity contribution < 1.29 is 4.39 Å². The van der Waals surface area contributed by atoms with E-state index in [4.69, 9.17) is 0 Å². The highest BCUT2D eigenvalue weighted by Crippen LogP contribution is 2.18. The Morgan fingerprint density at radius 3 is 2.15 bits per heavy atom. The van der Waals surface area contributed by atoms with Crippen LogP contribution < -0.4 is 10.6 Å². The number of guanidine groups is 1. The Kier molecular flexibility index (Phi) is 7.01. The fourth-order valence-corrected chi connectivity index (χ4v) is 1.94. The van der Waals surface area contributed by atoms with Gasteiger partial charge in [0.15, 0.2) is 5.96 Å². The SMILES string of the molecule is CCNC(=NCC(c1ccc(F)cc1)N(C)C)NCC. The van der Waals surface area contributed by atoms with Gasteiger partial charge in [-0.15, -0.1) is 0 Å². The lowest BCUT2D eigenvalue weighted by molar-refractivity contribution is 0.306. The highest BCUT2D eigenvalue weighted by molar-refractivity contribution is 5.79. The van der Waals surface area contributed by atoms with Crippen LogP contribution in [0.4, 0.5) is 4.39 Å². The van der Waals surface area contributed by atoms with E-state index < -0.39 is 0 Å². The average Bonchev–Trinajstić information content (AvgIpc) is 2.41. The van der Waals surface area contributed by atoms with Gasteiger partial charge in [0.25, 0.3) is 0 Å². The Hall–Kier alpha value is -1.62. The molecule has 112 valence electrons. The van der Waals surface area contributed by atoms with Crippen LogP contribution in [0.5, 0.6) is 0 Å². The molecular formula is C15H25FN4. The van der Waals surface area contributed by atoms with Gasteiger partial charge < -0.3 is 15.5 Å². The molecule has 5 heteroatoms. The number of halogens is 1. The van der Waals surface area contributed by atoms with Crippen molar-refractivity contribution in [2.75, 3.05) is 33.7 Å². The van der Waals surface area contributed by atoms with Gasteiger partial charge in [-0.05, 0) is 45.6 Å². The Labute approximate surface area is 121 Å². The van der Waals surface area contributed by atoms with Gasteiger partial charge >= 0.3 is 0 Å². The number of nitrogens with zero attached hydrogens (tertiary/aromatic N) is 2. The molecule has 2 N–H and O–H groups in total. The predicted octanol–water partition coefficient (Wildman–Crippen LogP) is 2.00. The van der Waals surface area contributed by atoms with E-state index in [1.807, 2.05) is 40.1 Å². The smallest absolute Gasteiger partial charge is 0.191 e.